The van der Waals surface area contributed by atoms with E-state index < -0.39 is 11.2 Å². The molecule has 1 aliphatic rings. The van der Waals surface area contributed by atoms with Crippen LogP contribution in [0.4, 0.5) is 5.69 Å². The number of halogens is 3. The lowest BCUT2D eigenvalue weighted by Gasteiger charge is -2.18. The molecule has 0 bridgehead atoms. The van der Waals surface area contributed by atoms with Crippen LogP contribution in [0, 0.1) is 11.3 Å². The molecule has 3 rings (SSSR count). The molecule has 1 atom stereocenters. The van der Waals surface area contributed by atoms with Gasteiger partial charge < -0.3 is 5.32 Å². The van der Waals surface area contributed by atoms with E-state index in [0.717, 1.165) is 10.0 Å². The average molecular weight is 511 g/mol. The first kappa shape index (κ1) is 21.7. The second-order valence-electron chi connectivity index (χ2n) is 6.07. The number of hydrogen-bond donors (Lipinski definition) is 1. The number of thioether (sulfide) groups is 1. The maximum absolute atomic E-state index is 13.3. The lowest BCUT2D eigenvalue weighted by atomic mass is 10.1. The van der Waals surface area contributed by atoms with Gasteiger partial charge in [-0.15, -0.1) is 0 Å². The molecule has 9 heteroatoms. The van der Waals surface area contributed by atoms with E-state index in [1.54, 1.807) is 42.5 Å². The van der Waals surface area contributed by atoms with E-state index >= 15 is 0 Å². The van der Waals surface area contributed by atoms with Crippen LogP contribution in [0.5, 0.6) is 0 Å². The first-order valence-electron chi connectivity index (χ1n) is 8.42. The number of rotatable bonds is 4. The van der Waals surface area contributed by atoms with Crippen LogP contribution in [0.3, 0.4) is 0 Å². The minimum absolute atomic E-state index is 0.117. The van der Waals surface area contributed by atoms with Crippen LogP contribution in [-0.4, -0.2) is 24.1 Å². The zero-order valence-corrected chi connectivity index (χ0v) is 19.0. The van der Waals surface area contributed by atoms with Gasteiger partial charge in [-0.05, 0) is 54.4 Å². The van der Waals surface area contributed by atoms with Gasteiger partial charge in [-0.3, -0.25) is 14.5 Å². The maximum atomic E-state index is 13.3. The molecule has 0 aliphatic carbocycles. The van der Waals surface area contributed by atoms with Crippen molar-refractivity contribution in [3.8, 4) is 6.07 Å². The van der Waals surface area contributed by atoms with Gasteiger partial charge in [0.05, 0.1) is 5.25 Å². The number of nitrogens with one attached hydrogen (secondary N) is 1. The number of hydrogen-bond acceptors (Lipinski definition) is 4. The van der Waals surface area contributed by atoms with E-state index in [4.69, 9.17) is 23.2 Å². The van der Waals surface area contributed by atoms with Crippen molar-refractivity contribution in [3.63, 3.8) is 0 Å². The van der Waals surface area contributed by atoms with Gasteiger partial charge in [0.1, 0.15) is 16.7 Å². The Hall–Kier alpha value is -1.98. The number of carbonyl (C=O) groups excluding carboxylic acids is 2. The molecular formula is C20H14BrCl2N3O2S. The summed E-state index contributed by atoms with van der Waals surface area (Å²) in [6.45, 7) is 0. The summed E-state index contributed by atoms with van der Waals surface area (Å²) in [7, 11) is 1.44. The predicted molar refractivity (Wildman–Crippen MR) is 120 cm³/mol. The van der Waals surface area contributed by atoms with Crippen LogP contribution < -0.4 is 10.2 Å². The molecule has 0 aromatic heterocycles. The minimum atomic E-state index is -0.558. The van der Waals surface area contributed by atoms with E-state index in [-0.39, 0.29) is 11.5 Å². The van der Waals surface area contributed by atoms with Crippen molar-refractivity contribution in [3.05, 3.63) is 73.1 Å². The third kappa shape index (κ3) is 4.62. The maximum Gasteiger partial charge on any atom is 0.264 e. The Morgan fingerprint density at radius 2 is 1.97 bits per heavy atom. The van der Waals surface area contributed by atoms with Crippen LogP contribution in [0.25, 0.3) is 0 Å². The molecule has 2 amide bonds. The fraction of sp³-hybridized carbons (Fsp3) is 0.150. The van der Waals surface area contributed by atoms with E-state index in [1.807, 2.05) is 6.07 Å². The van der Waals surface area contributed by atoms with Crippen molar-refractivity contribution < 1.29 is 9.59 Å². The van der Waals surface area contributed by atoms with Gasteiger partial charge in [-0.2, -0.15) is 5.26 Å². The number of anilines is 1. The van der Waals surface area contributed by atoms with E-state index in [9.17, 15) is 14.9 Å². The Balaban J connectivity index is 2.06. The third-order valence-electron chi connectivity index (χ3n) is 4.23. The van der Waals surface area contributed by atoms with Crippen LogP contribution >= 0.6 is 50.9 Å². The molecule has 0 unspecified atom stereocenters. The highest BCUT2D eigenvalue weighted by molar-refractivity contribution is 9.10. The topological polar surface area (TPSA) is 73.2 Å². The SMILES string of the molecule is CNC(=O)/C(C#N)=C1\S[C@@H](Cc2cc(Cl)ccc2Cl)C(=O)N1c1ccc(Br)cc1. The minimum Gasteiger partial charge on any atom is -0.354 e. The van der Waals surface area contributed by atoms with E-state index in [1.165, 1.54) is 23.7 Å². The normalized spacial score (nSPS) is 17.8. The summed E-state index contributed by atoms with van der Waals surface area (Å²) in [5.41, 5.74) is 1.17. The highest BCUT2D eigenvalue weighted by Crippen LogP contribution is 2.42. The number of likely N-dealkylation sites (N-methyl/N-ethyl adjacent to an activating group) is 1. The predicted octanol–water partition coefficient (Wildman–Crippen LogP) is 4.93. The van der Waals surface area contributed by atoms with Crippen LogP contribution in [0.1, 0.15) is 5.56 Å². The number of amides is 2. The Bertz CT molecular complexity index is 1050. The van der Waals surface area contributed by atoms with Crippen molar-refractivity contribution in [2.45, 2.75) is 11.7 Å². The summed E-state index contributed by atoms with van der Waals surface area (Å²) in [5, 5.41) is 12.8. The molecule has 1 N–H and O–H groups in total. The van der Waals surface area contributed by atoms with Crippen LogP contribution in [0.15, 0.2) is 57.5 Å². The first-order valence-corrected chi connectivity index (χ1v) is 10.8. The Labute approximate surface area is 190 Å². The highest BCUT2D eigenvalue weighted by atomic mass is 79.9. The van der Waals surface area contributed by atoms with Crippen molar-refractivity contribution in [1.82, 2.24) is 5.32 Å². The van der Waals surface area contributed by atoms with Gasteiger partial charge in [0.25, 0.3) is 5.91 Å². The standard InChI is InChI=1S/C20H14BrCl2N3O2S/c1-25-18(27)15(10-24)20-26(14-5-2-12(21)3-6-14)19(28)17(29-20)9-11-8-13(22)4-7-16(11)23/h2-8,17H,9H2,1H3,(H,25,27)/b20-15-/t17-/m0/s1. The van der Waals surface area contributed by atoms with Gasteiger partial charge in [-0.25, -0.2) is 0 Å². The molecule has 0 spiro atoms. The number of nitriles is 1. The molecular weight excluding hydrogens is 497 g/mol. The number of benzene rings is 2. The lowest BCUT2D eigenvalue weighted by Crippen LogP contribution is -2.31. The summed E-state index contributed by atoms with van der Waals surface area (Å²) >= 11 is 16.9. The zero-order chi connectivity index (χ0) is 21.1. The fourth-order valence-corrected chi connectivity index (χ4v) is 4.79. The van der Waals surface area contributed by atoms with E-state index in [0.29, 0.717) is 27.2 Å². The van der Waals surface area contributed by atoms with Gasteiger partial charge in [-0.1, -0.05) is 50.9 Å². The molecule has 5 nitrogen and oxygen atoms in total. The number of nitrogens with zero attached hydrogens (tertiary/aromatic N) is 2. The lowest BCUT2D eigenvalue weighted by molar-refractivity contribution is -0.117. The van der Waals surface area contributed by atoms with Gasteiger partial charge >= 0.3 is 0 Å². The smallest absolute Gasteiger partial charge is 0.264 e. The second kappa shape index (κ2) is 9.23. The summed E-state index contributed by atoms with van der Waals surface area (Å²) in [6.07, 6.45) is 0.311. The molecule has 2 aromatic carbocycles. The molecule has 0 radical (unpaired) electrons. The van der Waals surface area contributed by atoms with Crippen molar-refractivity contribution in [1.29, 1.82) is 5.26 Å². The monoisotopic (exact) mass is 509 g/mol. The average Bonchev–Trinajstić information content (AvgIpc) is 3.01. The first-order chi connectivity index (χ1) is 13.8. The molecule has 1 heterocycles. The fourth-order valence-electron chi connectivity index (χ4n) is 2.84. The Morgan fingerprint density at radius 1 is 1.28 bits per heavy atom. The molecule has 1 saturated heterocycles. The van der Waals surface area contributed by atoms with Gasteiger partial charge in [0.2, 0.25) is 5.91 Å². The number of carbonyl (C=O) groups is 2. The highest BCUT2D eigenvalue weighted by Gasteiger charge is 2.40. The molecule has 2 aromatic rings. The summed E-state index contributed by atoms with van der Waals surface area (Å²) in [6, 6.07) is 14.1. The molecule has 29 heavy (non-hydrogen) atoms. The molecule has 148 valence electrons. The van der Waals surface area contributed by atoms with Crippen LogP contribution in [0.2, 0.25) is 10.0 Å². The summed E-state index contributed by atoms with van der Waals surface area (Å²) in [5.74, 6) is -0.786. The van der Waals surface area contributed by atoms with Crippen molar-refractivity contribution in [2.24, 2.45) is 0 Å². The Kier molecular flexibility index (Phi) is 6.91. The third-order valence-corrected chi connectivity index (χ3v) is 6.63. The quantitative estimate of drug-likeness (QED) is 0.467. The van der Waals surface area contributed by atoms with Crippen LogP contribution in [-0.2, 0) is 16.0 Å². The molecule has 1 fully saturated rings. The largest absolute Gasteiger partial charge is 0.354 e. The molecule has 1 aliphatic heterocycles. The Morgan fingerprint density at radius 3 is 2.59 bits per heavy atom. The van der Waals surface area contributed by atoms with Gasteiger partial charge in [0.15, 0.2) is 0 Å². The van der Waals surface area contributed by atoms with Crippen molar-refractivity contribution >= 4 is 68.4 Å². The molecule has 0 saturated carbocycles. The summed E-state index contributed by atoms with van der Waals surface area (Å²) in [4.78, 5) is 26.9. The van der Waals surface area contributed by atoms with Gasteiger partial charge in [0, 0.05) is 27.3 Å². The van der Waals surface area contributed by atoms with Crippen molar-refractivity contribution in [2.75, 3.05) is 11.9 Å². The zero-order valence-electron chi connectivity index (χ0n) is 15.1. The van der Waals surface area contributed by atoms with E-state index in [2.05, 4.69) is 21.2 Å². The summed E-state index contributed by atoms with van der Waals surface area (Å²) < 4.78 is 0.847. The second-order valence-corrected chi connectivity index (χ2v) is 9.02.